The summed E-state index contributed by atoms with van der Waals surface area (Å²) in [5.74, 6) is 1.80. The Balaban J connectivity index is 1.59. The number of hydrogen-bond donors (Lipinski definition) is 0. The number of anilines is 1. The summed E-state index contributed by atoms with van der Waals surface area (Å²) in [6.07, 6.45) is 6.20. The van der Waals surface area contributed by atoms with E-state index in [2.05, 4.69) is 14.9 Å². The van der Waals surface area contributed by atoms with E-state index < -0.39 is 0 Å². The van der Waals surface area contributed by atoms with Gasteiger partial charge in [0, 0.05) is 38.0 Å². The molecule has 0 spiro atoms. The number of carbonyl (C=O) groups excluding carboxylic acids is 1. The van der Waals surface area contributed by atoms with Crippen LogP contribution in [0.5, 0.6) is 5.88 Å². The molecule has 6 nitrogen and oxygen atoms in total. The smallest absolute Gasteiger partial charge is 0.225 e. The van der Waals surface area contributed by atoms with Crippen LogP contribution in [-0.4, -0.2) is 53.1 Å². The summed E-state index contributed by atoms with van der Waals surface area (Å²) in [5.41, 5.74) is 0. The molecule has 1 aromatic rings. The Morgan fingerprint density at radius 3 is 2.74 bits per heavy atom. The zero-order chi connectivity index (χ0) is 16.2. The van der Waals surface area contributed by atoms with Gasteiger partial charge in [-0.15, -0.1) is 0 Å². The molecular formula is C17H26N4O2. The van der Waals surface area contributed by atoms with Crippen molar-refractivity contribution in [2.75, 3.05) is 31.1 Å². The lowest BCUT2D eigenvalue weighted by Crippen LogP contribution is -2.34. The first-order valence-corrected chi connectivity index (χ1v) is 8.66. The lowest BCUT2D eigenvalue weighted by Gasteiger charge is -2.27. The van der Waals surface area contributed by atoms with Crippen molar-refractivity contribution in [2.24, 2.45) is 5.92 Å². The van der Waals surface area contributed by atoms with Crippen LogP contribution in [-0.2, 0) is 4.79 Å². The summed E-state index contributed by atoms with van der Waals surface area (Å²) in [6.45, 7) is 7.40. The highest BCUT2D eigenvalue weighted by Gasteiger charge is 2.29. The molecule has 126 valence electrons. The molecule has 3 rings (SSSR count). The molecule has 1 amide bonds. The van der Waals surface area contributed by atoms with Gasteiger partial charge in [0.05, 0.1) is 6.54 Å². The predicted octanol–water partition coefficient (Wildman–Crippen LogP) is 2.10. The number of likely N-dealkylation sites (tertiary alicyclic amines) is 1. The SMILES string of the molecule is CC(C)C(=O)N1CCC(Oc2cc(N3CCCCC3)ncn2)C1. The Hall–Kier alpha value is -1.85. The Kier molecular flexibility index (Phi) is 4.98. The Labute approximate surface area is 137 Å². The van der Waals surface area contributed by atoms with Gasteiger partial charge in [-0.05, 0) is 19.3 Å². The van der Waals surface area contributed by atoms with Crippen LogP contribution < -0.4 is 9.64 Å². The molecule has 2 saturated heterocycles. The molecule has 0 bridgehead atoms. The van der Waals surface area contributed by atoms with Crippen molar-refractivity contribution >= 4 is 11.7 Å². The minimum absolute atomic E-state index is 0.0294. The third-order valence-corrected chi connectivity index (χ3v) is 4.55. The quantitative estimate of drug-likeness (QED) is 0.851. The monoisotopic (exact) mass is 318 g/mol. The normalized spacial score (nSPS) is 21.8. The maximum absolute atomic E-state index is 12.0. The second kappa shape index (κ2) is 7.15. The molecule has 2 aliphatic heterocycles. The van der Waals surface area contributed by atoms with E-state index in [9.17, 15) is 4.79 Å². The first-order valence-electron chi connectivity index (χ1n) is 8.66. The average Bonchev–Trinajstić information content (AvgIpc) is 3.03. The molecule has 23 heavy (non-hydrogen) atoms. The summed E-state index contributed by atoms with van der Waals surface area (Å²) < 4.78 is 6.00. The van der Waals surface area contributed by atoms with E-state index in [0.29, 0.717) is 12.4 Å². The second-order valence-corrected chi connectivity index (χ2v) is 6.73. The number of piperidine rings is 1. The fourth-order valence-corrected chi connectivity index (χ4v) is 3.25. The van der Waals surface area contributed by atoms with Crippen LogP contribution in [0, 0.1) is 5.92 Å². The maximum Gasteiger partial charge on any atom is 0.225 e. The summed E-state index contributed by atoms with van der Waals surface area (Å²) in [6, 6.07) is 1.93. The minimum atomic E-state index is 0.0294. The van der Waals surface area contributed by atoms with Gasteiger partial charge in [-0.2, -0.15) is 0 Å². The van der Waals surface area contributed by atoms with Gasteiger partial charge in [0.1, 0.15) is 18.2 Å². The largest absolute Gasteiger partial charge is 0.472 e. The highest BCUT2D eigenvalue weighted by molar-refractivity contribution is 5.78. The summed E-state index contributed by atoms with van der Waals surface area (Å²) in [5, 5.41) is 0. The molecule has 2 aliphatic rings. The third kappa shape index (κ3) is 3.92. The Bertz CT molecular complexity index is 543. The number of hydrogen-bond acceptors (Lipinski definition) is 5. The zero-order valence-corrected chi connectivity index (χ0v) is 14.1. The molecule has 2 fully saturated rings. The molecule has 0 aliphatic carbocycles. The molecule has 0 aromatic carbocycles. The first-order chi connectivity index (χ1) is 11.1. The van der Waals surface area contributed by atoms with Crippen molar-refractivity contribution in [2.45, 2.75) is 45.6 Å². The second-order valence-electron chi connectivity index (χ2n) is 6.73. The van der Waals surface area contributed by atoms with Crippen molar-refractivity contribution in [1.29, 1.82) is 0 Å². The molecule has 0 saturated carbocycles. The lowest BCUT2D eigenvalue weighted by atomic mass is 10.1. The number of carbonyl (C=O) groups is 1. The molecule has 3 heterocycles. The minimum Gasteiger partial charge on any atom is -0.472 e. The third-order valence-electron chi connectivity index (χ3n) is 4.55. The molecule has 6 heteroatoms. The molecule has 1 aromatic heterocycles. The van der Waals surface area contributed by atoms with Crippen molar-refractivity contribution < 1.29 is 9.53 Å². The van der Waals surface area contributed by atoms with Gasteiger partial charge in [0.25, 0.3) is 0 Å². The fourth-order valence-electron chi connectivity index (χ4n) is 3.25. The number of rotatable bonds is 4. The summed E-state index contributed by atoms with van der Waals surface area (Å²) in [7, 11) is 0. The summed E-state index contributed by atoms with van der Waals surface area (Å²) in [4.78, 5) is 24.8. The van der Waals surface area contributed by atoms with E-state index in [4.69, 9.17) is 4.74 Å². The van der Waals surface area contributed by atoms with Crippen LogP contribution in [0.2, 0.25) is 0 Å². The van der Waals surface area contributed by atoms with E-state index in [-0.39, 0.29) is 17.9 Å². The van der Waals surface area contributed by atoms with Gasteiger partial charge < -0.3 is 14.5 Å². The molecule has 0 N–H and O–H groups in total. The van der Waals surface area contributed by atoms with Crippen LogP contribution in [0.25, 0.3) is 0 Å². The average molecular weight is 318 g/mol. The van der Waals surface area contributed by atoms with E-state index in [0.717, 1.165) is 31.9 Å². The predicted molar refractivity (Wildman–Crippen MR) is 88.5 cm³/mol. The number of ether oxygens (including phenoxy) is 1. The zero-order valence-electron chi connectivity index (χ0n) is 14.1. The highest BCUT2D eigenvalue weighted by Crippen LogP contribution is 2.23. The van der Waals surface area contributed by atoms with Gasteiger partial charge >= 0.3 is 0 Å². The molecule has 1 unspecified atom stereocenters. The lowest BCUT2D eigenvalue weighted by molar-refractivity contribution is -0.133. The van der Waals surface area contributed by atoms with Crippen LogP contribution >= 0.6 is 0 Å². The van der Waals surface area contributed by atoms with Crippen molar-refractivity contribution in [3.05, 3.63) is 12.4 Å². The molecule has 1 atom stereocenters. The van der Waals surface area contributed by atoms with Crippen LogP contribution in [0.4, 0.5) is 5.82 Å². The van der Waals surface area contributed by atoms with E-state index in [1.807, 2.05) is 24.8 Å². The highest BCUT2D eigenvalue weighted by atomic mass is 16.5. The molecular weight excluding hydrogens is 292 g/mol. The number of amides is 1. The van der Waals surface area contributed by atoms with Crippen molar-refractivity contribution in [3.63, 3.8) is 0 Å². The van der Waals surface area contributed by atoms with Gasteiger partial charge in [-0.3, -0.25) is 4.79 Å². The van der Waals surface area contributed by atoms with E-state index in [1.54, 1.807) is 6.33 Å². The van der Waals surface area contributed by atoms with Gasteiger partial charge in [-0.1, -0.05) is 13.8 Å². The van der Waals surface area contributed by atoms with Gasteiger partial charge in [-0.25, -0.2) is 9.97 Å². The topological polar surface area (TPSA) is 58.6 Å². The van der Waals surface area contributed by atoms with E-state index >= 15 is 0 Å². The standard InChI is InChI=1S/C17H26N4O2/c1-13(2)17(22)21-9-6-14(11-21)23-16-10-15(18-12-19-16)20-7-4-3-5-8-20/h10,12-14H,3-9,11H2,1-2H3. The van der Waals surface area contributed by atoms with Gasteiger partial charge in [0.2, 0.25) is 11.8 Å². The maximum atomic E-state index is 12.0. The summed E-state index contributed by atoms with van der Waals surface area (Å²) >= 11 is 0. The molecule has 0 radical (unpaired) electrons. The first kappa shape index (κ1) is 16.0. The van der Waals surface area contributed by atoms with Crippen molar-refractivity contribution in [3.8, 4) is 5.88 Å². The van der Waals surface area contributed by atoms with Crippen molar-refractivity contribution in [1.82, 2.24) is 14.9 Å². The Morgan fingerprint density at radius 2 is 2.00 bits per heavy atom. The fraction of sp³-hybridized carbons (Fsp3) is 0.706. The number of aromatic nitrogens is 2. The van der Waals surface area contributed by atoms with Gasteiger partial charge in [0.15, 0.2) is 0 Å². The van der Waals surface area contributed by atoms with E-state index in [1.165, 1.54) is 19.3 Å². The van der Waals surface area contributed by atoms with Crippen LogP contribution in [0.1, 0.15) is 39.5 Å². The van der Waals surface area contributed by atoms with Crippen LogP contribution in [0.15, 0.2) is 12.4 Å². The van der Waals surface area contributed by atoms with Crippen LogP contribution in [0.3, 0.4) is 0 Å². The Morgan fingerprint density at radius 1 is 1.22 bits per heavy atom. The number of nitrogens with zero attached hydrogens (tertiary/aromatic N) is 4.